The van der Waals surface area contributed by atoms with Crippen LogP contribution < -0.4 is 5.56 Å². The highest BCUT2D eigenvalue weighted by atomic mass is 32.1. The number of aryl methyl sites for hydroxylation is 1. The number of nitrogens with one attached hydrogen (secondary N) is 1. The fraction of sp³-hybridized carbons (Fsp3) is 0.118. The topological polar surface area (TPSA) is 72.0 Å². The molecule has 5 nitrogen and oxygen atoms in total. The second-order valence-electron chi connectivity index (χ2n) is 5.31. The van der Waals surface area contributed by atoms with E-state index in [1.54, 1.807) is 23.5 Å². The number of rotatable bonds is 4. The Morgan fingerprint density at radius 3 is 2.88 bits per heavy atom. The zero-order valence-corrected chi connectivity index (χ0v) is 15.5. The van der Waals surface area contributed by atoms with Crippen molar-refractivity contribution < 1.29 is 9.53 Å². The standard InChI is InChI=1S/C17H12N2O3S3/c1-9-4-5-11(25-9)10-8-24-16-14(10)15(20)18-13(19-16)7-22-17(21)12-3-2-6-23-12/h2-6,8H,7H2,1H3,(H,18,19,20). The van der Waals surface area contributed by atoms with Crippen LogP contribution in [0.5, 0.6) is 0 Å². The third kappa shape index (κ3) is 3.15. The molecule has 4 aromatic heterocycles. The molecule has 0 bridgehead atoms. The molecule has 1 N–H and O–H groups in total. The molecular weight excluding hydrogens is 376 g/mol. The molecule has 4 rings (SSSR count). The summed E-state index contributed by atoms with van der Waals surface area (Å²) in [6.45, 7) is 1.97. The van der Waals surface area contributed by atoms with Gasteiger partial charge in [0.25, 0.3) is 5.56 Å². The number of hydrogen-bond donors (Lipinski definition) is 1. The molecule has 0 unspecified atom stereocenters. The lowest BCUT2D eigenvalue weighted by molar-refractivity contribution is 0.0468. The van der Waals surface area contributed by atoms with Crippen LogP contribution in [0.1, 0.15) is 20.4 Å². The quantitative estimate of drug-likeness (QED) is 0.525. The first-order valence-electron chi connectivity index (χ1n) is 7.39. The lowest BCUT2D eigenvalue weighted by atomic mass is 10.2. The number of hydrogen-bond acceptors (Lipinski definition) is 7. The van der Waals surface area contributed by atoms with Crippen LogP contribution in [0.3, 0.4) is 0 Å². The number of H-pyrrole nitrogens is 1. The van der Waals surface area contributed by atoms with Crippen molar-refractivity contribution in [2.75, 3.05) is 0 Å². The largest absolute Gasteiger partial charge is 0.453 e. The summed E-state index contributed by atoms with van der Waals surface area (Å²) in [6, 6.07) is 7.52. The number of carbonyl (C=O) groups excluding carboxylic acids is 1. The highest BCUT2D eigenvalue weighted by molar-refractivity contribution is 7.19. The molecule has 0 aliphatic carbocycles. The van der Waals surface area contributed by atoms with E-state index < -0.39 is 5.97 Å². The van der Waals surface area contributed by atoms with Crippen LogP contribution in [-0.4, -0.2) is 15.9 Å². The first-order chi connectivity index (χ1) is 12.1. The number of carbonyl (C=O) groups is 1. The Bertz CT molecular complexity index is 1110. The zero-order chi connectivity index (χ0) is 17.4. The number of ether oxygens (including phenoxy) is 1. The number of aromatic amines is 1. The molecule has 0 atom stereocenters. The third-order valence-corrected chi connectivity index (χ3v) is 6.32. The Morgan fingerprint density at radius 2 is 2.16 bits per heavy atom. The van der Waals surface area contributed by atoms with Crippen molar-refractivity contribution in [3.63, 3.8) is 0 Å². The van der Waals surface area contributed by atoms with E-state index in [0.717, 1.165) is 10.4 Å². The molecule has 0 spiro atoms. The molecule has 0 fully saturated rings. The van der Waals surface area contributed by atoms with Crippen molar-refractivity contribution in [3.8, 4) is 10.4 Å². The summed E-state index contributed by atoms with van der Waals surface area (Å²) >= 11 is 4.37. The molecule has 0 saturated carbocycles. The summed E-state index contributed by atoms with van der Waals surface area (Å²) in [4.78, 5) is 35.0. The molecule has 0 saturated heterocycles. The smallest absolute Gasteiger partial charge is 0.348 e. The van der Waals surface area contributed by atoms with Crippen molar-refractivity contribution in [1.29, 1.82) is 0 Å². The maximum absolute atomic E-state index is 12.5. The lowest BCUT2D eigenvalue weighted by Crippen LogP contribution is -2.13. The third-order valence-electron chi connectivity index (χ3n) is 3.56. The number of aromatic nitrogens is 2. The van der Waals surface area contributed by atoms with Crippen LogP contribution in [-0.2, 0) is 11.3 Å². The molecular formula is C17H12N2O3S3. The first kappa shape index (κ1) is 16.2. The van der Waals surface area contributed by atoms with Gasteiger partial charge in [-0.15, -0.1) is 34.0 Å². The maximum atomic E-state index is 12.5. The van der Waals surface area contributed by atoms with Crippen LogP contribution in [0, 0.1) is 6.92 Å². The van der Waals surface area contributed by atoms with Gasteiger partial charge in [0, 0.05) is 20.7 Å². The van der Waals surface area contributed by atoms with Crippen LogP contribution in [0.2, 0.25) is 0 Å². The average Bonchev–Trinajstić information content (AvgIpc) is 3.32. The fourth-order valence-electron chi connectivity index (χ4n) is 2.42. The second-order valence-corrected chi connectivity index (χ2v) is 8.40. The minimum Gasteiger partial charge on any atom is -0.453 e. The number of fused-ring (bicyclic) bond motifs is 1. The summed E-state index contributed by atoms with van der Waals surface area (Å²) in [5, 5.41) is 4.34. The highest BCUT2D eigenvalue weighted by Crippen LogP contribution is 2.34. The second kappa shape index (κ2) is 6.55. The molecule has 126 valence electrons. The van der Waals surface area contributed by atoms with E-state index in [1.807, 2.05) is 29.8 Å². The van der Waals surface area contributed by atoms with Gasteiger partial charge in [0.15, 0.2) is 0 Å². The minimum atomic E-state index is -0.418. The number of esters is 1. The summed E-state index contributed by atoms with van der Waals surface area (Å²) in [7, 11) is 0. The molecule has 4 heterocycles. The summed E-state index contributed by atoms with van der Waals surface area (Å²) in [6.07, 6.45) is 0. The van der Waals surface area contributed by atoms with E-state index in [9.17, 15) is 9.59 Å². The van der Waals surface area contributed by atoms with E-state index in [-0.39, 0.29) is 12.2 Å². The van der Waals surface area contributed by atoms with E-state index in [1.165, 1.54) is 27.6 Å². The molecule has 0 aliphatic heterocycles. The van der Waals surface area contributed by atoms with Crippen molar-refractivity contribution in [3.05, 3.63) is 61.0 Å². The monoisotopic (exact) mass is 388 g/mol. The number of thiophene rings is 3. The van der Waals surface area contributed by atoms with Crippen LogP contribution in [0.4, 0.5) is 0 Å². The van der Waals surface area contributed by atoms with Crippen LogP contribution in [0.25, 0.3) is 20.7 Å². The SMILES string of the molecule is Cc1ccc(-c2csc3nc(COC(=O)c4cccs4)[nH]c(=O)c23)s1. The van der Waals surface area contributed by atoms with Crippen LogP contribution in [0.15, 0.2) is 39.8 Å². The first-order valence-corrected chi connectivity index (χ1v) is 9.97. The fourth-order valence-corrected chi connectivity index (χ4v) is 4.96. The number of nitrogens with zero attached hydrogens (tertiary/aromatic N) is 1. The Hall–Kier alpha value is -2.29. The van der Waals surface area contributed by atoms with E-state index >= 15 is 0 Å². The van der Waals surface area contributed by atoms with E-state index in [4.69, 9.17) is 4.74 Å². The van der Waals surface area contributed by atoms with Gasteiger partial charge in [0.1, 0.15) is 22.1 Å². The highest BCUT2D eigenvalue weighted by Gasteiger charge is 2.15. The van der Waals surface area contributed by atoms with Gasteiger partial charge in [-0.3, -0.25) is 4.79 Å². The van der Waals surface area contributed by atoms with Crippen molar-refractivity contribution in [1.82, 2.24) is 9.97 Å². The molecule has 8 heteroatoms. The Morgan fingerprint density at radius 1 is 1.28 bits per heavy atom. The molecule has 0 aromatic carbocycles. The summed E-state index contributed by atoms with van der Waals surface area (Å²) < 4.78 is 5.22. The molecule has 4 aromatic rings. The molecule has 25 heavy (non-hydrogen) atoms. The zero-order valence-electron chi connectivity index (χ0n) is 13.1. The molecule has 0 radical (unpaired) electrons. The Kier molecular flexibility index (Phi) is 4.24. The summed E-state index contributed by atoms with van der Waals surface area (Å²) in [5.74, 6) is -0.0724. The van der Waals surface area contributed by atoms with E-state index in [0.29, 0.717) is 20.9 Å². The predicted octanol–water partition coefficient (Wildman–Crippen LogP) is 4.44. The maximum Gasteiger partial charge on any atom is 0.348 e. The van der Waals surface area contributed by atoms with Gasteiger partial charge >= 0.3 is 5.97 Å². The Labute approximate surface area is 154 Å². The molecule has 0 aliphatic rings. The van der Waals surface area contributed by atoms with Gasteiger partial charge in [-0.05, 0) is 30.5 Å². The van der Waals surface area contributed by atoms with Crippen molar-refractivity contribution in [2.45, 2.75) is 13.5 Å². The lowest BCUT2D eigenvalue weighted by Gasteiger charge is -2.03. The van der Waals surface area contributed by atoms with Gasteiger partial charge in [-0.1, -0.05) is 6.07 Å². The van der Waals surface area contributed by atoms with Crippen molar-refractivity contribution >= 4 is 50.2 Å². The van der Waals surface area contributed by atoms with Gasteiger partial charge in [0.05, 0.1) is 5.39 Å². The predicted molar refractivity (Wildman–Crippen MR) is 102 cm³/mol. The minimum absolute atomic E-state index is 0.0622. The van der Waals surface area contributed by atoms with Gasteiger partial charge in [0.2, 0.25) is 0 Å². The van der Waals surface area contributed by atoms with Crippen LogP contribution >= 0.6 is 34.0 Å². The Balaban J connectivity index is 1.62. The molecule has 0 amide bonds. The van der Waals surface area contributed by atoms with Gasteiger partial charge < -0.3 is 9.72 Å². The van der Waals surface area contributed by atoms with Gasteiger partial charge in [-0.25, -0.2) is 9.78 Å². The van der Waals surface area contributed by atoms with E-state index in [2.05, 4.69) is 9.97 Å². The van der Waals surface area contributed by atoms with Gasteiger partial charge in [-0.2, -0.15) is 0 Å². The average molecular weight is 388 g/mol. The summed E-state index contributed by atoms with van der Waals surface area (Å²) in [5.41, 5.74) is 0.684. The van der Waals surface area contributed by atoms with Crippen molar-refractivity contribution in [2.24, 2.45) is 0 Å². The normalized spacial score (nSPS) is 11.1.